The molecule has 0 spiro atoms. The van der Waals surface area contributed by atoms with Crippen LogP contribution in [0.4, 0.5) is 0 Å². The minimum Gasteiger partial charge on any atom is -0.309 e. The highest BCUT2D eigenvalue weighted by molar-refractivity contribution is 7.99. The van der Waals surface area contributed by atoms with Crippen LogP contribution in [-0.4, -0.2) is 41.3 Å². The molecule has 0 saturated heterocycles. The van der Waals surface area contributed by atoms with Crippen molar-refractivity contribution in [2.24, 2.45) is 0 Å². The third-order valence-electron chi connectivity index (χ3n) is 1.98. The van der Waals surface area contributed by atoms with E-state index in [-0.39, 0.29) is 0 Å². The monoisotopic (exact) mass is 245 g/mol. The molecule has 0 N–H and O–H groups in total. The topological polar surface area (TPSA) is 29.0 Å². The quantitative estimate of drug-likeness (QED) is 0.588. The maximum atomic E-state index is 6.00. The van der Waals surface area contributed by atoms with E-state index in [0.29, 0.717) is 5.15 Å². The second-order valence-electron chi connectivity index (χ2n) is 3.45. The number of hydrogen-bond donors (Lipinski definition) is 0. The van der Waals surface area contributed by atoms with E-state index in [2.05, 4.69) is 35.9 Å². The molecule has 0 radical (unpaired) electrons. The smallest absolute Gasteiger partial charge is 0.136 e. The van der Waals surface area contributed by atoms with E-state index in [9.17, 15) is 0 Å². The summed E-state index contributed by atoms with van der Waals surface area (Å²) in [6.45, 7) is 3.11. The average Bonchev–Trinajstić information content (AvgIpc) is 2.17. The van der Waals surface area contributed by atoms with Gasteiger partial charge in [0, 0.05) is 17.9 Å². The van der Waals surface area contributed by atoms with Crippen molar-refractivity contribution >= 4 is 23.4 Å². The fraction of sp³-hybridized carbons (Fsp3) is 0.600. The molecule has 0 aliphatic carbocycles. The van der Waals surface area contributed by atoms with Crippen molar-refractivity contribution in [3.8, 4) is 0 Å². The molecule has 0 amide bonds. The van der Waals surface area contributed by atoms with E-state index in [1.54, 1.807) is 11.8 Å². The van der Waals surface area contributed by atoms with Gasteiger partial charge in [-0.15, -0.1) is 11.8 Å². The molecule has 0 aliphatic heterocycles. The Balaban J connectivity index is 2.64. The largest absolute Gasteiger partial charge is 0.309 e. The van der Waals surface area contributed by atoms with Crippen LogP contribution in [0.15, 0.2) is 11.4 Å². The molecule has 1 heterocycles. The van der Waals surface area contributed by atoms with Gasteiger partial charge < -0.3 is 4.90 Å². The molecular weight excluding hydrogens is 230 g/mol. The van der Waals surface area contributed by atoms with Crippen LogP contribution in [0.5, 0.6) is 0 Å². The standard InChI is InChI=1S/C10H16ClN3S/c1-4-8-9(11)12-7-13-10(8)15-6-5-14(2)3/h7H,4-6H2,1-3H3. The van der Waals surface area contributed by atoms with Crippen molar-refractivity contribution < 1.29 is 0 Å². The van der Waals surface area contributed by atoms with Gasteiger partial charge in [0.2, 0.25) is 0 Å². The van der Waals surface area contributed by atoms with Crippen molar-refractivity contribution in [1.29, 1.82) is 0 Å². The zero-order valence-corrected chi connectivity index (χ0v) is 10.9. The zero-order chi connectivity index (χ0) is 11.3. The van der Waals surface area contributed by atoms with Crippen LogP contribution in [0.3, 0.4) is 0 Å². The van der Waals surface area contributed by atoms with Gasteiger partial charge >= 0.3 is 0 Å². The number of nitrogens with zero attached hydrogens (tertiary/aromatic N) is 3. The van der Waals surface area contributed by atoms with Crippen LogP contribution in [0.25, 0.3) is 0 Å². The normalized spacial score (nSPS) is 11.0. The zero-order valence-electron chi connectivity index (χ0n) is 9.33. The Morgan fingerprint density at radius 3 is 2.73 bits per heavy atom. The lowest BCUT2D eigenvalue weighted by molar-refractivity contribution is 0.437. The predicted octanol–water partition coefficient (Wildman–Crippen LogP) is 2.35. The van der Waals surface area contributed by atoms with Crippen molar-refractivity contribution in [3.05, 3.63) is 17.0 Å². The molecular formula is C10H16ClN3S. The van der Waals surface area contributed by atoms with E-state index >= 15 is 0 Å². The number of aromatic nitrogens is 2. The first kappa shape index (κ1) is 12.7. The van der Waals surface area contributed by atoms with Crippen LogP contribution < -0.4 is 0 Å². The molecule has 5 heteroatoms. The molecule has 0 fully saturated rings. The highest BCUT2D eigenvalue weighted by atomic mass is 35.5. The third kappa shape index (κ3) is 3.97. The Morgan fingerprint density at radius 2 is 2.13 bits per heavy atom. The Hall–Kier alpha value is -0.320. The molecule has 0 atom stereocenters. The molecule has 0 bridgehead atoms. The van der Waals surface area contributed by atoms with Crippen molar-refractivity contribution in [3.63, 3.8) is 0 Å². The predicted molar refractivity (Wildman–Crippen MR) is 65.7 cm³/mol. The lowest BCUT2D eigenvalue weighted by Crippen LogP contribution is -2.15. The molecule has 0 aliphatic rings. The summed E-state index contributed by atoms with van der Waals surface area (Å²) in [5.74, 6) is 1.02. The first-order chi connectivity index (χ1) is 7.15. The van der Waals surface area contributed by atoms with Crippen LogP contribution in [0.2, 0.25) is 5.15 Å². The summed E-state index contributed by atoms with van der Waals surface area (Å²) >= 11 is 7.73. The highest BCUT2D eigenvalue weighted by Crippen LogP contribution is 2.24. The van der Waals surface area contributed by atoms with Crippen LogP contribution >= 0.6 is 23.4 Å². The van der Waals surface area contributed by atoms with Crippen LogP contribution in [0, 0.1) is 0 Å². The van der Waals surface area contributed by atoms with Crippen LogP contribution in [-0.2, 0) is 6.42 Å². The molecule has 1 aromatic rings. The molecule has 84 valence electrons. The third-order valence-corrected chi connectivity index (χ3v) is 3.32. The molecule has 0 saturated carbocycles. The van der Waals surface area contributed by atoms with Gasteiger partial charge in [0.15, 0.2) is 0 Å². The summed E-state index contributed by atoms with van der Waals surface area (Å²) in [4.78, 5) is 10.4. The first-order valence-electron chi connectivity index (χ1n) is 4.92. The lowest BCUT2D eigenvalue weighted by atomic mass is 10.3. The first-order valence-corrected chi connectivity index (χ1v) is 6.28. The number of thioether (sulfide) groups is 1. The molecule has 15 heavy (non-hydrogen) atoms. The van der Waals surface area contributed by atoms with Crippen molar-refractivity contribution in [2.45, 2.75) is 18.4 Å². The number of hydrogen-bond acceptors (Lipinski definition) is 4. The van der Waals surface area contributed by atoms with Crippen molar-refractivity contribution in [1.82, 2.24) is 14.9 Å². The molecule has 0 aromatic carbocycles. The lowest BCUT2D eigenvalue weighted by Gasteiger charge is -2.10. The minimum absolute atomic E-state index is 0.583. The van der Waals surface area contributed by atoms with Gasteiger partial charge in [-0.2, -0.15) is 0 Å². The van der Waals surface area contributed by atoms with E-state index < -0.39 is 0 Å². The Labute approximate surface area is 100 Å². The fourth-order valence-electron chi connectivity index (χ4n) is 1.12. The summed E-state index contributed by atoms with van der Waals surface area (Å²) in [5.41, 5.74) is 1.06. The minimum atomic E-state index is 0.583. The fourth-order valence-corrected chi connectivity index (χ4v) is 2.63. The maximum Gasteiger partial charge on any atom is 0.136 e. The summed E-state index contributed by atoms with van der Waals surface area (Å²) in [7, 11) is 4.13. The summed E-state index contributed by atoms with van der Waals surface area (Å²) < 4.78 is 0. The second-order valence-corrected chi connectivity index (χ2v) is 4.90. The Kier molecular flexibility index (Phi) is 5.36. The summed E-state index contributed by atoms with van der Waals surface area (Å²) in [5, 5.41) is 1.60. The van der Waals surface area contributed by atoms with Gasteiger partial charge in [-0.05, 0) is 20.5 Å². The molecule has 0 unspecified atom stereocenters. The Bertz CT molecular complexity index is 318. The molecule has 1 aromatic heterocycles. The van der Waals surface area contributed by atoms with E-state index in [1.807, 2.05) is 0 Å². The van der Waals surface area contributed by atoms with Crippen molar-refractivity contribution in [2.75, 3.05) is 26.4 Å². The van der Waals surface area contributed by atoms with Gasteiger partial charge in [-0.25, -0.2) is 9.97 Å². The Morgan fingerprint density at radius 1 is 1.40 bits per heavy atom. The van der Waals surface area contributed by atoms with E-state index in [1.165, 1.54) is 6.33 Å². The van der Waals surface area contributed by atoms with E-state index in [4.69, 9.17) is 11.6 Å². The van der Waals surface area contributed by atoms with Gasteiger partial charge in [0.1, 0.15) is 16.5 Å². The van der Waals surface area contributed by atoms with Gasteiger partial charge in [0.05, 0.1) is 0 Å². The van der Waals surface area contributed by atoms with Gasteiger partial charge in [-0.3, -0.25) is 0 Å². The summed E-state index contributed by atoms with van der Waals surface area (Å²) in [6.07, 6.45) is 2.41. The number of halogens is 1. The average molecular weight is 246 g/mol. The van der Waals surface area contributed by atoms with E-state index in [0.717, 1.165) is 29.3 Å². The highest BCUT2D eigenvalue weighted by Gasteiger charge is 2.08. The van der Waals surface area contributed by atoms with Gasteiger partial charge in [-0.1, -0.05) is 18.5 Å². The number of rotatable bonds is 5. The van der Waals surface area contributed by atoms with Gasteiger partial charge in [0.25, 0.3) is 0 Å². The van der Waals surface area contributed by atoms with Crippen LogP contribution in [0.1, 0.15) is 12.5 Å². The maximum absolute atomic E-state index is 6.00. The SMILES string of the molecule is CCc1c(Cl)ncnc1SCCN(C)C. The summed E-state index contributed by atoms with van der Waals surface area (Å²) in [6, 6.07) is 0. The molecule has 1 rings (SSSR count). The molecule has 3 nitrogen and oxygen atoms in total. The second kappa shape index (κ2) is 6.30.